The minimum absolute atomic E-state index is 0.00374. The molecule has 0 unspecified atom stereocenters. The molecule has 1 spiro atoms. The number of nitrogens with zero attached hydrogens (tertiary/aromatic N) is 2. The Morgan fingerprint density at radius 2 is 1.59 bits per heavy atom. The van der Waals surface area contributed by atoms with E-state index in [0.717, 1.165) is 25.7 Å². The van der Waals surface area contributed by atoms with Crippen molar-refractivity contribution in [2.24, 2.45) is 10.8 Å². The van der Waals surface area contributed by atoms with Gasteiger partial charge in [0.25, 0.3) is 0 Å². The first kappa shape index (κ1) is 28.1. The summed E-state index contributed by atoms with van der Waals surface area (Å²) >= 11 is 0. The number of benzene rings is 1. The van der Waals surface area contributed by atoms with Gasteiger partial charge in [0.15, 0.2) is 0 Å². The Bertz CT molecular complexity index is 1080. The highest BCUT2D eigenvalue weighted by Gasteiger charge is 2.51. The van der Waals surface area contributed by atoms with Crippen LogP contribution in [0.25, 0.3) is 0 Å². The highest BCUT2D eigenvalue weighted by molar-refractivity contribution is 7.91. The summed E-state index contributed by atoms with van der Waals surface area (Å²) in [6, 6.07) is 10.7. The number of sulfone groups is 1. The molecule has 0 atom stereocenters. The third kappa shape index (κ3) is 5.90. The Kier molecular flexibility index (Phi) is 7.58. The fraction of sp³-hybridized carbons (Fsp3) is 0.724. The molecular formula is C29H44N2O5S. The smallest absolute Gasteiger partial charge is 0.312 e. The summed E-state index contributed by atoms with van der Waals surface area (Å²) in [4.78, 5) is 30.7. The molecule has 1 amide bonds. The van der Waals surface area contributed by atoms with Crippen molar-refractivity contribution in [3.8, 4) is 0 Å². The van der Waals surface area contributed by atoms with Gasteiger partial charge in [0.2, 0.25) is 5.91 Å². The molecule has 0 N–H and O–H groups in total. The normalized spacial score (nSPS) is 27.0. The highest BCUT2D eigenvalue weighted by atomic mass is 32.2. The molecule has 206 valence electrons. The SMILES string of the molecule is CN(C)[C@]1(c2ccccc2)CC[C@@]2(CC1)CC(=O)N(CCC1(C(=O)OC(C)(C)C)CCS(=O)(=O)CC1)C2. The van der Waals surface area contributed by atoms with E-state index in [1.807, 2.05) is 25.7 Å². The summed E-state index contributed by atoms with van der Waals surface area (Å²) in [6.45, 7) is 6.68. The van der Waals surface area contributed by atoms with Crippen LogP contribution in [0.3, 0.4) is 0 Å². The average Bonchev–Trinajstić information content (AvgIpc) is 3.13. The zero-order chi connectivity index (χ0) is 27.1. The zero-order valence-corrected chi connectivity index (χ0v) is 24.0. The molecule has 7 nitrogen and oxygen atoms in total. The quantitative estimate of drug-likeness (QED) is 0.512. The highest BCUT2D eigenvalue weighted by Crippen LogP contribution is 2.52. The first-order chi connectivity index (χ1) is 17.2. The third-order valence-electron chi connectivity index (χ3n) is 9.19. The van der Waals surface area contributed by atoms with Crippen LogP contribution in [0.15, 0.2) is 30.3 Å². The van der Waals surface area contributed by atoms with E-state index < -0.39 is 20.9 Å². The summed E-state index contributed by atoms with van der Waals surface area (Å²) in [6.07, 6.45) is 5.51. The second-order valence-electron chi connectivity index (χ2n) is 13.0. The number of carbonyl (C=O) groups is 2. The van der Waals surface area contributed by atoms with Gasteiger partial charge >= 0.3 is 5.97 Å². The number of rotatable bonds is 6. The molecule has 1 aromatic rings. The van der Waals surface area contributed by atoms with Gasteiger partial charge in [-0.2, -0.15) is 0 Å². The summed E-state index contributed by atoms with van der Waals surface area (Å²) < 4.78 is 30.0. The van der Waals surface area contributed by atoms with Crippen LogP contribution in [-0.2, 0) is 29.7 Å². The van der Waals surface area contributed by atoms with Crippen LogP contribution in [0.2, 0.25) is 0 Å². The van der Waals surface area contributed by atoms with Crippen LogP contribution < -0.4 is 0 Å². The molecule has 1 saturated carbocycles. The number of ether oxygens (including phenoxy) is 1. The molecule has 2 heterocycles. The van der Waals surface area contributed by atoms with E-state index in [1.165, 1.54) is 5.56 Å². The fourth-order valence-electron chi connectivity index (χ4n) is 6.68. The summed E-state index contributed by atoms with van der Waals surface area (Å²) in [5, 5.41) is 0. The summed E-state index contributed by atoms with van der Waals surface area (Å²) in [7, 11) is 1.17. The number of hydrogen-bond donors (Lipinski definition) is 0. The van der Waals surface area contributed by atoms with E-state index in [0.29, 0.717) is 25.9 Å². The fourth-order valence-corrected chi connectivity index (χ4v) is 8.28. The molecule has 8 heteroatoms. The van der Waals surface area contributed by atoms with E-state index in [4.69, 9.17) is 4.74 Å². The van der Waals surface area contributed by atoms with Crippen LogP contribution >= 0.6 is 0 Å². The van der Waals surface area contributed by atoms with Crippen molar-refractivity contribution >= 4 is 21.7 Å². The van der Waals surface area contributed by atoms with Crippen molar-refractivity contribution in [1.29, 1.82) is 0 Å². The average molecular weight is 533 g/mol. The summed E-state index contributed by atoms with van der Waals surface area (Å²) in [5.74, 6) is -0.181. The van der Waals surface area contributed by atoms with Gasteiger partial charge in [-0.25, -0.2) is 8.42 Å². The largest absolute Gasteiger partial charge is 0.460 e. The molecule has 0 bridgehead atoms. The number of esters is 1. The first-order valence-corrected chi connectivity index (χ1v) is 15.5. The number of carbonyl (C=O) groups excluding carboxylic acids is 2. The Balaban J connectivity index is 1.44. The predicted octanol–water partition coefficient (Wildman–Crippen LogP) is 4.16. The Morgan fingerprint density at radius 1 is 1.00 bits per heavy atom. The minimum Gasteiger partial charge on any atom is -0.460 e. The van der Waals surface area contributed by atoms with Crippen molar-refractivity contribution in [2.75, 3.05) is 38.7 Å². The number of hydrogen-bond acceptors (Lipinski definition) is 6. The van der Waals surface area contributed by atoms with E-state index >= 15 is 0 Å². The van der Waals surface area contributed by atoms with Crippen molar-refractivity contribution in [1.82, 2.24) is 9.80 Å². The van der Waals surface area contributed by atoms with E-state index in [1.54, 1.807) is 0 Å². The molecule has 3 aliphatic rings. The van der Waals surface area contributed by atoms with Gasteiger partial charge in [-0.15, -0.1) is 0 Å². The molecular weight excluding hydrogens is 488 g/mol. The lowest BCUT2D eigenvalue weighted by Gasteiger charge is -2.49. The Morgan fingerprint density at radius 3 is 2.14 bits per heavy atom. The summed E-state index contributed by atoms with van der Waals surface area (Å²) in [5.41, 5.74) is -0.206. The standard InChI is InChI=1S/C29H44N2O5S/c1-26(2,3)36-25(33)28(16-19-37(34,35)20-17-28)15-18-31-22-27(21-24(31)32)11-13-29(14-12-27,30(4)5)23-9-7-6-8-10-23/h6-10H,11-22H2,1-5H3/t27-,29-. The Hall–Kier alpha value is -1.93. The second-order valence-corrected chi connectivity index (χ2v) is 15.3. The molecule has 0 aromatic heterocycles. The van der Waals surface area contributed by atoms with Gasteiger partial charge < -0.3 is 9.64 Å². The molecule has 1 aliphatic carbocycles. The molecule has 4 rings (SSSR count). The van der Waals surface area contributed by atoms with E-state index in [9.17, 15) is 18.0 Å². The first-order valence-electron chi connectivity index (χ1n) is 13.6. The number of likely N-dealkylation sites (tertiary alicyclic amines) is 1. The third-order valence-corrected chi connectivity index (χ3v) is 10.8. The molecule has 37 heavy (non-hydrogen) atoms. The van der Waals surface area contributed by atoms with Crippen molar-refractivity contribution < 1.29 is 22.7 Å². The second kappa shape index (κ2) is 9.99. The molecule has 1 aromatic carbocycles. The lowest BCUT2D eigenvalue weighted by Crippen LogP contribution is -2.47. The van der Waals surface area contributed by atoms with Gasteiger partial charge in [0.05, 0.1) is 16.9 Å². The van der Waals surface area contributed by atoms with E-state index in [2.05, 4.69) is 49.3 Å². The zero-order valence-electron chi connectivity index (χ0n) is 23.2. The monoisotopic (exact) mass is 532 g/mol. The van der Waals surface area contributed by atoms with Crippen LogP contribution in [0.4, 0.5) is 0 Å². The van der Waals surface area contributed by atoms with Crippen molar-refractivity contribution in [3.63, 3.8) is 0 Å². The van der Waals surface area contributed by atoms with Crippen LogP contribution in [0.1, 0.15) is 77.7 Å². The maximum absolute atomic E-state index is 13.3. The predicted molar refractivity (Wildman–Crippen MR) is 145 cm³/mol. The maximum atomic E-state index is 13.3. The molecule has 2 aliphatic heterocycles. The van der Waals surface area contributed by atoms with E-state index in [-0.39, 0.29) is 47.2 Å². The van der Waals surface area contributed by atoms with Crippen molar-refractivity contribution in [3.05, 3.63) is 35.9 Å². The Labute approximate surface area is 222 Å². The van der Waals surface area contributed by atoms with Gasteiger partial charge in [-0.05, 0) is 90.8 Å². The minimum atomic E-state index is -3.13. The topological polar surface area (TPSA) is 84.0 Å². The molecule has 0 radical (unpaired) electrons. The van der Waals surface area contributed by atoms with Gasteiger partial charge in [0.1, 0.15) is 15.4 Å². The van der Waals surface area contributed by atoms with Crippen LogP contribution in [0, 0.1) is 10.8 Å². The lowest BCUT2D eigenvalue weighted by atomic mass is 9.64. The van der Waals surface area contributed by atoms with Crippen LogP contribution in [0.5, 0.6) is 0 Å². The maximum Gasteiger partial charge on any atom is 0.312 e. The van der Waals surface area contributed by atoms with Gasteiger partial charge in [-0.3, -0.25) is 14.5 Å². The van der Waals surface area contributed by atoms with Gasteiger partial charge in [0, 0.05) is 25.0 Å². The lowest BCUT2D eigenvalue weighted by molar-refractivity contribution is -0.169. The van der Waals surface area contributed by atoms with Crippen LogP contribution in [-0.4, -0.2) is 74.4 Å². The number of amides is 1. The van der Waals surface area contributed by atoms with Gasteiger partial charge in [-0.1, -0.05) is 30.3 Å². The van der Waals surface area contributed by atoms with Crippen molar-refractivity contribution in [2.45, 2.75) is 83.3 Å². The molecule has 2 saturated heterocycles. The molecule has 3 fully saturated rings.